The molecule has 2 saturated heterocycles. The van der Waals surface area contributed by atoms with Crippen molar-refractivity contribution in [2.45, 2.75) is 51.4 Å². The lowest BCUT2D eigenvalue weighted by Gasteiger charge is -2.23. The van der Waals surface area contributed by atoms with Gasteiger partial charge in [-0.2, -0.15) is 0 Å². The summed E-state index contributed by atoms with van der Waals surface area (Å²) < 4.78 is 0. The molecule has 2 heterocycles. The third kappa shape index (κ3) is 7.07. The Morgan fingerprint density at radius 2 is 1.45 bits per heavy atom. The molecule has 174 valence electrons. The number of hydrogen-bond acceptors (Lipinski definition) is 4. The minimum atomic E-state index is 0. The lowest BCUT2D eigenvalue weighted by Crippen LogP contribution is -2.35. The van der Waals surface area contributed by atoms with Crippen molar-refractivity contribution in [3.8, 4) is 0 Å². The highest BCUT2D eigenvalue weighted by atomic mass is 35.5. The smallest absolute Gasteiger partial charge is 0.238 e. The minimum absolute atomic E-state index is 0. The second-order valence-electron chi connectivity index (χ2n) is 9.03. The van der Waals surface area contributed by atoms with E-state index in [1.807, 2.05) is 24.3 Å². The van der Waals surface area contributed by atoms with Gasteiger partial charge in [-0.15, -0.1) is 24.8 Å². The van der Waals surface area contributed by atoms with Crippen molar-refractivity contribution in [2.75, 3.05) is 43.4 Å². The molecular weight excluding hydrogens is 435 g/mol. The number of piperidine rings is 1. The summed E-state index contributed by atoms with van der Waals surface area (Å²) in [4.78, 5) is 27.2. The fraction of sp³-hybridized carbons (Fsp3) is 0.652. The van der Waals surface area contributed by atoms with Gasteiger partial charge in [-0.3, -0.25) is 14.5 Å². The van der Waals surface area contributed by atoms with E-state index in [4.69, 9.17) is 0 Å². The Bertz CT molecular complexity index is 715. The second-order valence-corrected chi connectivity index (χ2v) is 9.03. The minimum Gasteiger partial charge on any atom is -0.326 e. The van der Waals surface area contributed by atoms with Crippen molar-refractivity contribution in [1.82, 2.24) is 10.2 Å². The summed E-state index contributed by atoms with van der Waals surface area (Å²) in [5.41, 5.74) is 1.82. The van der Waals surface area contributed by atoms with Crippen LogP contribution in [0.2, 0.25) is 0 Å². The van der Waals surface area contributed by atoms with E-state index in [1.165, 1.54) is 32.1 Å². The van der Waals surface area contributed by atoms with Gasteiger partial charge in [0.05, 0.1) is 6.54 Å². The summed E-state index contributed by atoms with van der Waals surface area (Å²) >= 11 is 0. The zero-order valence-corrected chi connectivity index (χ0v) is 19.8. The van der Waals surface area contributed by atoms with E-state index in [2.05, 4.69) is 20.9 Å². The van der Waals surface area contributed by atoms with Gasteiger partial charge in [0, 0.05) is 17.3 Å². The van der Waals surface area contributed by atoms with Crippen molar-refractivity contribution in [1.29, 1.82) is 0 Å². The molecule has 2 aliphatic heterocycles. The van der Waals surface area contributed by atoms with Crippen LogP contribution in [0.1, 0.15) is 51.4 Å². The van der Waals surface area contributed by atoms with Gasteiger partial charge in [-0.25, -0.2) is 0 Å². The van der Waals surface area contributed by atoms with Gasteiger partial charge < -0.3 is 16.0 Å². The van der Waals surface area contributed by atoms with Gasteiger partial charge >= 0.3 is 0 Å². The predicted octanol–water partition coefficient (Wildman–Crippen LogP) is 4.06. The van der Waals surface area contributed by atoms with E-state index >= 15 is 0 Å². The molecule has 1 aromatic rings. The number of carbonyl (C=O) groups is 2. The number of halogens is 2. The lowest BCUT2D eigenvalue weighted by atomic mass is 9.92. The lowest BCUT2D eigenvalue weighted by molar-refractivity contribution is -0.118. The molecule has 0 aromatic heterocycles. The van der Waals surface area contributed by atoms with Crippen LogP contribution in [0.3, 0.4) is 0 Å². The molecular formula is C23H36Cl2N4O2. The van der Waals surface area contributed by atoms with Crippen LogP contribution in [-0.2, 0) is 9.59 Å². The third-order valence-corrected chi connectivity index (χ3v) is 6.86. The van der Waals surface area contributed by atoms with E-state index in [0.717, 1.165) is 56.8 Å². The quantitative estimate of drug-likeness (QED) is 0.606. The molecule has 3 fully saturated rings. The van der Waals surface area contributed by atoms with E-state index in [1.54, 1.807) is 0 Å². The van der Waals surface area contributed by atoms with Crippen molar-refractivity contribution in [3.63, 3.8) is 0 Å². The molecule has 1 unspecified atom stereocenters. The zero-order valence-electron chi connectivity index (χ0n) is 18.2. The second kappa shape index (κ2) is 12.0. The Hall–Kier alpha value is -1.34. The van der Waals surface area contributed by atoms with Crippen LogP contribution < -0.4 is 16.0 Å². The van der Waals surface area contributed by atoms with Crippen molar-refractivity contribution >= 4 is 48.0 Å². The number of likely N-dealkylation sites (tertiary alicyclic amines) is 1. The first-order valence-corrected chi connectivity index (χ1v) is 11.3. The molecule has 1 atom stereocenters. The van der Waals surface area contributed by atoms with E-state index in [-0.39, 0.29) is 48.0 Å². The van der Waals surface area contributed by atoms with Crippen LogP contribution in [0.15, 0.2) is 24.3 Å². The molecule has 1 aliphatic carbocycles. The molecule has 6 nitrogen and oxygen atoms in total. The first kappa shape index (κ1) is 25.9. The van der Waals surface area contributed by atoms with E-state index < -0.39 is 0 Å². The number of rotatable bonds is 5. The molecule has 2 amide bonds. The van der Waals surface area contributed by atoms with E-state index in [0.29, 0.717) is 6.54 Å². The van der Waals surface area contributed by atoms with Gasteiger partial charge in [0.1, 0.15) is 0 Å². The molecule has 1 spiro atoms. The topological polar surface area (TPSA) is 73.5 Å². The number of anilines is 2. The highest BCUT2D eigenvalue weighted by Crippen LogP contribution is 2.58. The summed E-state index contributed by atoms with van der Waals surface area (Å²) in [5, 5.41) is 9.41. The standard InChI is InChI=1S/C23H34N4O2.2ClH/c28-21(17-27-14-4-2-1-3-5-15-27)25-18-6-8-19(9-7-18)26-22(29)20-16-23(20)10-12-24-13-11-23;;/h6-9,20,24H,1-5,10-17H2,(H,25,28)(H,26,29);2*1H. The average molecular weight is 471 g/mol. The van der Waals surface area contributed by atoms with Crippen LogP contribution in [-0.4, -0.2) is 49.4 Å². The Kier molecular flexibility index (Phi) is 10.1. The predicted molar refractivity (Wildman–Crippen MR) is 130 cm³/mol. The first-order chi connectivity index (χ1) is 14.1. The number of nitrogens with one attached hydrogen (secondary N) is 3. The zero-order chi connectivity index (χ0) is 20.1. The van der Waals surface area contributed by atoms with Gasteiger partial charge in [0.15, 0.2) is 0 Å². The van der Waals surface area contributed by atoms with Crippen molar-refractivity contribution < 1.29 is 9.59 Å². The SMILES string of the molecule is Cl.Cl.O=C(CN1CCCCCCC1)Nc1ccc(NC(=O)C2CC23CCNCC3)cc1. The summed E-state index contributed by atoms with van der Waals surface area (Å²) in [6, 6.07) is 7.49. The molecule has 1 aromatic carbocycles. The van der Waals surface area contributed by atoms with Gasteiger partial charge in [-0.05, 0) is 88.0 Å². The van der Waals surface area contributed by atoms with Gasteiger partial charge in [0.25, 0.3) is 0 Å². The average Bonchev–Trinajstić information content (AvgIpc) is 3.39. The summed E-state index contributed by atoms with van der Waals surface area (Å²) in [6.07, 6.45) is 9.45. The Morgan fingerprint density at radius 3 is 2.06 bits per heavy atom. The number of benzene rings is 1. The van der Waals surface area contributed by atoms with Crippen LogP contribution in [0.25, 0.3) is 0 Å². The Balaban J connectivity index is 0.00000171. The normalized spacial score (nSPS) is 22.8. The van der Waals surface area contributed by atoms with Crippen LogP contribution >= 0.6 is 24.8 Å². The molecule has 31 heavy (non-hydrogen) atoms. The monoisotopic (exact) mass is 470 g/mol. The van der Waals surface area contributed by atoms with E-state index in [9.17, 15) is 9.59 Å². The summed E-state index contributed by atoms with van der Waals surface area (Å²) in [6.45, 7) is 4.52. The molecule has 8 heteroatoms. The maximum atomic E-state index is 12.6. The summed E-state index contributed by atoms with van der Waals surface area (Å²) in [7, 11) is 0. The van der Waals surface area contributed by atoms with Crippen molar-refractivity contribution in [2.24, 2.45) is 11.3 Å². The number of nitrogens with zero attached hydrogens (tertiary/aromatic N) is 1. The fourth-order valence-electron chi connectivity index (χ4n) is 4.94. The molecule has 3 aliphatic rings. The number of amides is 2. The maximum absolute atomic E-state index is 12.6. The number of carbonyl (C=O) groups excluding carboxylic acids is 2. The van der Waals surface area contributed by atoms with Crippen LogP contribution in [0, 0.1) is 11.3 Å². The number of hydrogen-bond donors (Lipinski definition) is 3. The van der Waals surface area contributed by atoms with Crippen LogP contribution in [0.5, 0.6) is 0 Å². The molecule has 0 bridgehead atoms. The molecule has 0 radical (unpaired) electrons. The third-order valence-electron chi connectivity index (χ3n) is 6.86. The first-order valence-electron chi connectivity index (χ1n) is 11.3. The summed E-state index contributed by atoms with van der Waals surface area (Å²) in [5.74, 6) is 0.329. The maximum Gasteiger partial charge on any atom is 0.238 e. The van der Waals surface area contributed by atoms with Crippen molar-refractivity contribution in [3.05, 3.63) is 24.3 Å². The van der Waals surface area contributed by atoms with Gasteiger partial charge in [-0.1, -0.05) is 19.3 Å². The van der Waals surface area contributed by atoms with Crippen LogP contribution in [0.4, 0.5) is 11.4 Å². The highest BCUT2D eigenvalue weighted by molar-refractivity contribution is 5.96. The Labute approximate surface area is 198 Å². The fourth-order valence-corrected chi connectivity index (χ4v) is 4.94. The highest BCUT2D eigenvalue weighted by Gasteiger charge is 2.57. The largest absolute Gasteiger partial charge is 0.326 e. The molecule has 3 N–H and O–H groups in total. The Morgan fingerprint density at radius 1 is 0.903 bits per heavy atom. The van der Waals surface area contributed by atoms with Gasteiger partial charge in [0.2, 0.25) is 11.8 Å². The molecule has 1 saturated carbocycles. The molecule has 4 rings (SSSR count).